The van der Waals surface area contributed by atoms with E-state index in [4.69, 9.17) is 0 Å². The van der Waals surface area contributed by atoms with Crippen molar-refractivity contribution < 1.29 is 19.2 Å². The van der Waals surface area contributed by atoms with E-state index in [0.29, 0.717) is 16.7 Å². The van der Waals surface area contributed by atoms with Gasteiger partial charge in [-0.15, -0.1) is 0 Å². The van der Waals surface area contributed by atoms with Crippen molar-refractivity contribution in [2.75, 3.05) is 11.9 Å². The minimum absolute atomic E-state index is 0.168. The van der Waals surface area contributed by atoms with Gasteiger partial charge >= 0.3 is 0 Å². The molecule has 4 amide bonds. The third-order valence-electron chi connectivity index (χ3n) is 6.22. The van der Waals surface area contributed by atoms with Crippen molar-refractivity contribution in [3.05, 3.63) is 64.2 Å². The van der Waals surface area contributed by atoms with Gasteiger partial charge in [-0.2, -0.15) is 0 Å². The van der Waals surface area contributed by atoms with E-state index in [-0.39, 0.29) is 37.1 Å². The summed E-state index contributed by atoms with van der Waals surface area (Å²) >= 11 is 0. The van der Waals surface area contributed by atoms with Crippen LogP contribution in [-0.2, 0) is 29.1 Å². The topological polar surface area (TPSA) is 108 Å². The molecule has 1 atom stereocenters. The van der Waals surface area contributed by atoms with Crippen LogP contribution in [-0.4, -0.2) is 41.1 Å². The molecule has 2 aromatic rings. The lowest BCUT2D eigenvalue weighted by Gasteiger charge is -2.29. The van der Waals surface area contributed by atoms with Crippen molar-refractivity contribution in [1.29, 1.82) is 0 Å². The summed E-state index contributed by atoms with van der Waals surface area (Å²) in [6.45, 7) is 1.80. The molecular formula is C23H22N4O4. The normalized spacial score (nSPS) is 20.2. The Morgan fingerprint density at radius 3 is 2.71 bits per heavy atom. The zero-order valence-corrected chi connectivity index (χ0v) is 16.9. The standard InChI is InChI=1S/C23H22N4O4/c28-20-8-7-19(22(30)26-20)27-12-17-15(4-2-5-16(17)23(27)31)21(29)25-18-6-1-3-13-11-24-10-9-14(13)18/h1-6,19,24H,7-12H2,(H,25,29)(H,26,28,30). The molecule has 158 valence electrons. The highest BCUT2D eigenvalue weighted by Crippen LogP contribution is 2.31. The van der Waals surface area contributed by atoms with Crippen molar-refractivity contribution in [3.63, 3.8) is 0 Å². The van der Waals surface area contributed by atoms with Crippen LogP contribution in [0.3, 0.4) is 0 Å². The summed E-state index contributed by atoms with van der Waals surface area (Å²) < 4.78 is 0. The van der Waals surface area contributed by atoms with Crippen LogP contribution in [0.4, 0.5) is 5.69 Å². The molecule has 1 unspecified atom stereocenters. The second kappa shape index (κ2) is 7.63. The van der Waals surface area contributed by atoms with Crippen LogP contribution in [0.2, 0.25) is 0 Å². The van der Waals surface area contributed by atoms with Gasteiger partial charge in [-0.3, -0.25) is 24.5 Å². The molecule has 1 saturated heterocycles. The maximum absolute atomic E-state index is 13.2. The number of nitrogens with one attached hydrogen (secondary N) is 3. The second-order valence-electron chi connectivity index (χ2n) is 8.06. The van der Waals surface area contributed by atoms with E-state index in [1.165, 1.54) is 10.5 Å². The van der Waals surface area contributed by atoms with E-state index >= 15 is 0 Å². The van der Waals surface area contributed by atoms with E-state index < -0.39 is 11.9 Å². The van der Waals surface area contributed by atoms with Crippen molar-refractivity contribution in [3.8, 4) is 0 Å². The zero-order chi connectivity index (χ0) is 21.5. The number of nitrogens with zero attached hydrogens (tertiary/aromatic N) is 1. The summed E-state index contributed by atoms with van der Waals surface area (Å²) in [5.41, 5.74) is 4.54. The summed E-state index contributed by atoms with van der Waals surface area (Å²) in [5.74, 6) is -1.36. The highest BCUT2D eigenvalue weighted by atomic mass is 16.2. The van der Waals surface area contributed by atoms with Crippen LogP contribution < -0.4 is 16.0 Å². The van der Waals surface area contributed by atoms with Crippen LogP contribution in [0.15, 0.2) is 36.4 Å². The first-order chi connectivity index (χ1) is 15.0. The molecule has 3 aliphatic rings. The first-order valence-corrected chi connectivity index (χ1v) is 10.4. The zero-order valence-electron chi connectivity index (χ0n) is 16.9. The van der Waals surface area contributed by atoms with Gasteiger partial charge < -0.3 is 15.5 Å². The largest absolute Gasteiger partial charge is 0.322 e. The van der Waals surface area contributed by atoms with Gasteiger partial charge in [-0.25, -0.2) is 0 Å². The van der Waals surface area contributed by atoms with Gasteiger partial charge in [0.25, 0.3) is 11.8 Å². The molecular weight excluding hydrogens is 396 g/mol. The third-order valence-corrected chi connectivity index (χ3v) is 6.22. The lowest BCUT2D eigenvalue weighted by Crippen LogP contribution is -2.52. The second-order valence-corrected chi connectivity index (χ2v) is 8.06. The maximum Gasteiger partial charge on any atom is 0.256 e. The Bertz CT molecular complexity index is 1130. The average Bonchev–Trinajstić information content (AvgIpc) is 3.10. The summed E-state index contributed by atoms with van der Waals surface area (Å²) in [4.78, 5) is 51.3. The number of hydrogen-bond donors (Lipinski definition) is 3. The minimum Gasteiger partial charge on any atom is -0.322 e. The molecule has 8 heteroatoms. The van der Waals surface area contributed by atoms with Crippen LogP contribution in [0.1, 0.15) is 50.2 Å². The number of piperidine rings is 1. The van der Waals surface area contributed by atoms with Crippen molar-refractivity contribution in [2.24, 2.45) is 0 Å². The summed E-state index contributed by atoms with van der Waals surface area (Å²) in [7, 11) is 0. The Labute approximate surface area is 179 Å². The molecule has 3 N–H and O–H groups in total. The van der Waals surface area contributed by atoms with E-state index in [1.54, 1.807) is 18.2 Å². The predicted molar refractivity (Wildman–Crippen MR) is 112 cm³/mol. The van der Waals surface area contributed by atoms with E-state index in [2.05, 4.69) is 16.0 Å². The van der Waals surface area contributed by atoms with Gasteiger partial charge in [-0.05, 0) is 54.3 Å². The Kier molecular flexibility index (Phi) is 4.78. The van der Waals surface area contributed by atoms with Gasteiger partial charge in [0, 0.05) is 36.3 Å². The Morgan fingerprint density at radius 2 is 1.87 bits per heavy atom. The van der Waals surface area contributed by atoms with Crippen LogP contribution in [0, 0.1) is 0 Å². The van der Waals surface area contributed by atoms with Gasteiger partial charge in [0.15, 0.2) is 0 Å². The lowest BCUT2D eigenvalue weighted by atomic mass is 9.98. The number of rotatable bonds is 3. The third kappa shape index (κ3) is 3.38. The quantitative estimate of drug-likeness (QED) is 0.652. The van der Waals surface area contributed by atoms with E-state index in [1.807, 2.05) is 18.2 Å². The molecule has 0 radical (unpaired) electrons. The first-order valence-electron chi connectivity index (χ1n) is 10.4. The smallest absolute Gasteiger partial charge is 0.256 e. The maximum atomic E-state index is 13.2. The molecule has 0 aliphatic carbocycles. The lowest BCUT2D eigenvalue weighted by molar-refractivity contribution is -0.136. The Balaban J connectivity index is 1.41. The monoisotopic (exact) mass is 418 g/mol. The molecule has 3 heterocycles. The number of carbonyl (C=O) groups excluding carboxylic acids is 4. The molecule has 3 aliphatic heterocycles. The predicted octanol–water partition coefficient (Wildman–Crippen LogP) is 1.35. The number of imide groups is 1. The van der Waals surface area contributed by atoms with Gasteiger partial charge in [0.1, 0.15) is 6.04 Å². The highest BCUT2D eigenvalue weighted by molar-refractivity contribution is 6.10. The number of anilines is 1. The fourth-order valence-corrected chi connectivity index (χ4v) is 4.64. The number of hydrogen-bond acceptors (Lipinski definition) is 5. The number of carbonyl (C=O) groups is 4. The molecule has 8 nitrogen and oxygen atoms in total. The summed E-state index contributed by atoms with van der Waals surface area (Å²) in [6, 6.07) is 10.2. The molecule has 5 rings (SSSR count). The van der Waals surface area contributed by atoms with E-state index in [0.717, 1.165) is 30.8 Å². The molecule has 2 aromatic carbocycles. The molecule has 0 bridgehead atoms. The van der Waals surface area contributed by atoms with E-state index in [9.17, 15) is 19.2 Å². The average molecular weight is 418 g/mol. The van der Waals surface area contributed by atoms with Crippen LogP contribution in [0.5, 0.6) is 0 Å². The van der Waals surface area contributed by atoms with Gasteiger partial charge in [0.05, 0.1) is 0 Å². The molecule has 0 saturated carbocycles. The summed E-state index contributed by atoms with van der Waals surface area (Å²) in [5, 5.41) is 8.64. The number of benzene rings is 2. The molecule has 0 spiro atoms. The van der Waals surface area contributed by atoms with Crippen molar-refractivity contribution in [1.82, 2.24) is 15.5 Å². The Morgan fingerprint density at radius 1 is 1.03 bits per heavy atom. The molecule has 31 heavy (non-hydrogen) atoms. The molecule has 1 fully saturated rings. The minimum atomic E-state index is -0.706. The van der Waals surface area contributed by atoms with Gasteiger partial charge in [-0.1, -0.05) is 18.2 Å². The first kappa shape index (κ1) is 19.4. The number of fused-ring (bicyclic) bond motifs is 2. The van der Waals surface area contributed by atoms with Crippen LogP contribution in [0.25, 0.3) is 0 Å². The fraction of sp³-hybridized carbons (Fsp3) is 0.304. The highest BCUT2D eigenvalue weighted by Gasteiger charge is 2.40. The molecule has 0 aromatic heterocycles. The number of amides is 4. The van der Waals surface area contributed by atoms with Crippen LogP contribution >= 0.6 is 0 Å². The fourth-order valence-electron chi connectivity index (χ4n) is 4.64. The van der Waals surface area contributed by atoms with Gasteiger partial charge in [0.2, 0.25) is 11.8 Å². The van der Waals surface area contributed by atoms with Crippen molar-refractivity contribution >= 4 is 29.3 Å². The van der Waals surface area contributed by atoms with Crippen molar-refractivity contribution in [2.45, 2.75) is 38.4 Å². The SMILES string of the molecule is O=C1CCC(N2Cc3c(C(=O)Nc4cccc5c4CCNC5)cccc3C2=O)C(=O)N1. The Hall–Kier alpha value is -3.52. The summed E-state index contributed by atoms with van der Waals surface area (Å²) in [6.07, 6.45) is 1.31.